The number of carbonyl (C=O) groups is 2. The monoisotopic (exact) mass is 517 g/mol. The molecular formula is C26H20FN5O4S. The number of amides is 2. The van der Waals surface area contributed by atoms with E-state index in [2.05, 4.69) is 20.8 Å². The first-order chi connectivity index (χ1) is 17.9. The van der Waals surface area contributed by atoms with Gasteiger partial charge in [0.05, 0.1) is 4.92 Å². The highest BCUT2D eigenvalue weighted by Crippen LogP contribution is 2.26. The minimum atomic E-state index is -0.922. The van der Waals surface area contributed by atoms with E-state index in [1.54, 1.807) is 12.1 Å². The number of rotatable bonds is 9. The number of halogens is 1. The Bertz CT molecular complexity index is 1420. The molecule has 4 rings (SSSR count). The summed E-state index contributed by atoms with van der Waals surface area (Å²) in [6.07, 6.45) is 2.98. The maximum atomic E-state index is 13.2. The summed E-state index contributed by atoms with van der Waals surface area (Å²) in [4.78, 5) is 36.0. The second-order valence-electron chi connectivity index (χ2n) is 7.84. The molecule has 11 heteroatoms. The van der Waals surface area contributed by atoms with Crippen molar-refractivity contribution in [2.45, 2.75) is 12.5 Å². The van der Waals surface area contributed by atoms with Gasteiger partial charge >= 0.3 is 0 Å². The average Bonchev–Trinajstić information content (AvgIpc) is 3.36. The summed E-state index contributed by atoms with van der Waals surface area (Å²) in [5, 5.41) is 25.0. The van der Waals surface area contributed by atoms with E-state index < -0.39 is 22.8 Å². The van der Waals surface area contributed by atoms with Crippen molar-refractivity contribution in [1.29, 1.82) is 0 Å². The van der Waals surface area contributed by atoms with Gasteiger partial charge in [-0.25, -0.2) is 4.39 Å². The predicted molar refractivity (Wildman–Crippen MR) is 138 cm³/mol. The van der Waals surface area contributed by atoms with Crippen LogP contribution in [0.25, 0.3) is 16.6 Å². The number of non-ortho nitro benzene ring substituents is 1. The smallest absolute Gasteiger partial charge is 0.269 e. The fourth-order valence-electron chi connectivity index (χ4n) is 3.33. The van der Waals surface area contributed by atoms with Gasteiger partial charge in [-0.15, -0.1) is 10.2 Å². The van der Waals surface area contributed by atoms with Crippen LogP contribution in [0.4, 0.5) is 15.2 Å². The molecule has 0 fully saturated rings. The lowest BCUT2D eigenvalue weighted by Gasteiger charge is -2.17. The van der Waals surface area contributed by atoms with Gasteiger partial charge in [0, 0.05) is 30.2 Å². The summed E-state index contributed by atoms with van der Waals surface area (Å²) in [7, 11) is 0. The van der Waals surface area contributed by atoms with Gasteiger partial charge in [0.15, 0.2) is 0 Å². The van der Waals surface area contributed by atoms with Gasteiger partial charge in [-0.3, -0.25) is 25.0 Å². The quantitative estimate of drug-likeness (QED) is 0.189. The molecule has 3 aromatic carbocycles. The van der Waals surface area contributed by atoms with Gasteiger partial charge in [-0.1, -0.05) is 41.7 Å². The molecule has 2 amide bonds. The predicted octanol–water partition coefficient (Wildman–Crippen LogP) is 4.63. The number of carbonyl (C=O) groups excluding carboxylic acids is 2. The number of benzene rings is 3. The molecule has 0 aliphatic heterocycles. The summed E-state index contributed by atoms with van der Waals surface area (Å²) >= 11 is 1.12. The molecule has 1 heterocycles. The van der Waals surface area contributed by atoms with Crippen LogP contribution in [0.15, 0.2) is 84.9 Å². The molecule has 1 aromatic heterocycles. The lowest BCUT2D eigenvalue weighted by Crippen LogP contribution is -2.44. The molecule has 0 radical (unpaired) electrons. The molecule has 2 N–H and O–H groups in total. The third-order valence-electron chi connectivity index (χ3n) is 5.19. The van der Waals surface area contributed by atoms with Gasteiger partial charge in [-0.05, 0) is 53.6 Å². The Balaban J connectivity index is 1.45. The van der Waals surface area contributed by atoms with E-state index in [1.807, 2.05) is 30.3 Å². The Labute approximate surface area is 214 Å². The third-order valence-corrected chi connectivity index (χ3v) is 6.08. The molecular weight excluding hydrogens is 497 g/mol. The van der Waals surface area contributed by atoms with Crippen molar-refractivity contribution in [3.05, 3.63) is 112 Å². The topological polar surface area (TPSA) is 127 Å². The number of nitro benzene ring substituents is 1. The summed E-state index contributed by atoms with van der Waals surface area (Å²) < 4.78 is 13.2. The zero-order valence-corrected chi connectivity index (χ0v) is 20.0. The highest BCUT2D eigenvalue weighted by atomic mass is 32.1. The van der Waals surface area contributed by atoms with E-state index in [0.717, 1.165) is 16.9 Å². The van der Waals surface area contributed by atoms with Crippen molar-refractivity contribution in [2.75, 3.05) is 5.32 Å². The van der Waals surface area contributed by atoms with E-state index >= 15 is 0 Å². The van der Waals surface area contributed by atoms with Gasteiger partial charge in [-0.2, -0.15) is 0 Å². The van der Waals surface area contributed by atoms with Crippen LogP contribution in [0.1, 0.15) is 11.1 Å². The normalized spacial score (nSPS) is 11.7. The highest BCUT2D eigenvalue weighted by Gasteiger charge is 2.22. The molecule has 1 atom stereocenters. The van der Waals surface area contributed by atoms with Crippen LogP contribution in [-0.2, 0) is 16.0 Å². The zero-order chi connectivity index (χ0) is 26.2. The van der Waals surface area contributed by atoms with Crippen molar-refractivity contribution in [1.82, 2.24) is 15.5 Å². The number of nitrogens with zero attached hydrogens (tertiary/aromatic N) is 3. The zero-order valence-electron chi connectivity index (χ0n) is 19.2. The SMILES string of the molecule is O=C(/C=C/c1ccc([N+](=O)[O-])cc1)NC(Cc1ccccc1)C(=O)Nc1nnc(-c2ccc(F)cc2)s1. The van der Waals surface area contributed by atoms with E-state index in [4.69, 9.17) is 0 Å². The van der Waals surface area contributed by atoms with E-state index in [-0.39, 0.29) is 23.1 Å². The number of hydrogen-bond donors (Lipinski definition) is 2. The van der Waals surface area contributed by atoms with E-state index in [1.165, 1.54) is 48.6 Å². The Hall–Kier alpha value is -4.77. The molecule has 0 aliphatic carbocycles. The van der Waals surface area contributed by atoms with Crippen molar-refractivity contribution >= 4 is 40.0 Å². The van der Waals surface area contributed by atoms with Crippen molar-refractivity contribution in [2.24, 2.45) is 0 Å². The Morgan fingerprint density at radius 3 is 2.38 bits per heavy atom. The molecule has 0 aliphatic rings. The first-order valence-corrected chi connectivity index (χ1v) is 11.9. The molecule has 37 heavy (non-hydrogen) atoms. The number of aromatic nitrogens is 2. The van der Waals surface area contributed by atoms with Gasteiger partial charge in [0.2, 0.25) is 16.9 Å². The van der Waals surface area contributed by atoms with Gasteiger partial charge in [0.1, 0.15) is 16.9 Å². The molecule has 0 spiro atoms. The first-order valence-electron chi connectivity index (χ1n) is 11.0. The molecule has 0 bridgehead atoms. The summed E-state index contributed by atoms with van der Waals surface area (Å²) in [5.74, 6) is -1.37. The summed E-state index contributed by atoms with van der Waals surface area (Å²) in [6, 6.07) is 19.8. The fraction of sp³-hybridized carbons (Fsp3) is 0.0769. The Kier molecular flexibility index (Phi) is 8.06. The van der Waals surface area contributed by atoms with Crippen LogP contribution in [0.3, 0.4) is 0 Å². The molecule has 186 valence electrons. The Morgan fingerprint density at radius 1 is 1.00 bits per heavy atom. The molecule has 9 nitrogen and oxygen atoms in total. The van der Waals surface area contributed by atoms with Gasteiger partial charge < -0.3 is 5.32 Å². The summed E-state index contributed by atoms with van der Waals surface area (Å²) in [5.41, 5.74) is 2.03. The number of hydrogen-bond acceptors (Lipinski definition) is 7. The maximum Gasteiger partial charge on any atom is 0.269 e. The Morgan fingerprint density at radius 2 is 1.70 bits per heavy atom. The number of anilines is 1. The number of nitro groups is 1. The van der Waals surface area contributed by atoms with Crippen LogP contribution in [0.5, 0.6) is 0 Å². The molecule has 1 unspecified atom stereocenters. The van der Waals surface area contributed by atoms with Crippen LogP contribution in [0.2, 0.25) is 0 Å². The van der Waals surface area contributed by atoms with Crippen molar-refractivity contribution < 1.29 is 18.9 Å². The van der Waals surface area contributed by atoms with E-state index in [9.17, 15) is 24.1 Å². The van der Waals surface area contributed by atoms with Gasteiger partial charge in [0.25, 0.3) is 5.69 Å². The highest BCUT2D eigenvalue weighted by molar-refractivity contribution is 7.18. The summed E-state index contributed by atoms with van der Waals surface area (Å²) in [6.45, 7) is 0. The standard InChI is InChI=1S/C26H20FN5O4S/c27-20-11-9-19(10-12-20)25-30-31-26(37-25)29-24(34)22(16-18-4-2-1-3-5-18)28-23(33)15-8-17-6-13-21(14-7-17)32(35)36/h1-15,22H,16H2,(H,28,33)(H,29,31,34)/b15-8+. The van der Waals surface area contributed by atoms with Crippen molar-refractivity contribution in [3.8, 4) is 10.6 Å². The molecule has 0 saturated heterocycles. The number of nitrogens with one attached hydrogen (secondary N) is 2. The third kappa shape index (κ3) is 7.12. The van der Waals surface area contributed by atoms with Crippen molar-refractivity contribution in [3.63, 3.8) is 0 Å². The average molecular weight is 518 g/mol. The second kappa shape index (κ2) is 11.8. The lowest BCUT2D eigenvalue weighted by molar-refractivity contribution is -0.384. The minimum absolute atomic E-state index is 0.0551. The van der Waals surface area contributed by atoms with Crippen LogP contribution < -0.4 is 10.6 Å². The largest absolute Gasteiger partial charge is 0.340 e. The molecule has 0 saturated carbocycles. The molecule has 4 aromatic rings. The fourth-order valence-corrected chi connectivity index (χ4v) is 4.09. The minimum Gasteiger partial charge on any atom is -0.340 e. The van der Waals surface area contributed by atoms with Crippen LogP contribution in [0, 0.1) is 15.9 Å². The van der Waals surface area contributed by atoms with Crippen LogP contribution >= 0.6 is 11.3 Å². The lowest BCUT2D eigenvalue weighted by atomic mass is 10.1. The van der Waals surface area contributed by atoms with E-state index in [0.29, 0.717) is 16.1 Å². The second-order valence-corrected chi connectivity index (χ2v) is 8.82. The maximum absolute atomic E-state index is 13.2. The first kappa shape index (κ1) is 25.3. The van der Waals surface area contributed by atoms with Crippen LogP contribution in [-0.4, -0.2) is 33.0 Å².